The zero-order valence-electron chi connectivity index (χ0n) is 15.9. The van der Waals surface area contributed by atoms with Crippen molar-refractivity contribution in [2.75, 3.05) is 11.9 Å². The molecule has 0 bridgehead atoms. The predicted octanol–water partition coefficient (Wildman–Crippen LogP) is 4.86. The number of carbonyl (C=O) groups is 1. The largest absolute Gasteiger partial charge is 0.417 e. The van der Waals surface area contributed by atoms with Crippen LogP contribution in [0.4, 0.5) is 18.9 Å². The standard InChI is InChI=1S/C20H22ClF3N4O/c1-12-18(7-15(21)10-26-12)19(29)28-16-4-2-13(3-5-16)8-27-17-6-14(9-25-11-17)20(22,23)24/h6-7,9-11,13,16,27H,2-5,8H2,1H3,(H,28,29)/t13-,16-. The first-order chi connectivity index (χ1) is 13.7. The van der Waals surface area contributed by atoms with Crippen molar-refractivity contribution >= 4 is 23.2 Å². The van der Waals surface area contributed by atoms with Gasteiger partial charge in [-0.1, -0.05) is 11.6 Å². The number of halogens is 4. The minimum Gasteiger partial charge on any atom is -0.384 e. The van der Waals surface area contributed by atoms with E-state index in [9.17, 15) is 18.0 Å². The van der Waals surface area contributed by atoms with Crippen LogP contribution >= 0.6 is 11.6 Å². The average Bonchev–Trinajstić information content (AvgIpc) is 2.69. The molecule has 1 aliphatic carbocycles. The van der Waals surface area contributed by atoms with Gasteiger partial charge in [-0.15, -0.1) is 0 Å². The van der Waals surface area contributed by atoms with Crippen LogP contribution in [0.2, 0.25) is 5.02 Å². The van der Waals surface area contributed by atoms with Crippen molar-refractivity contribution in [3.8, 4) is 0 Å². The zero-order valence-corrected chi connectivity index (χ0v) is 16.6. The topological polar surface area (TPSA) is 66.9 Å². The Morgan fingerprint density at radius 1 is 1.17 bits per heavy atom. The van der Waals surface area contributed by atoms with E-state index < -0.39 is 11.7 Å². The molecule has 29 heavy (non-hydrogen) atoms. The quantitative estimate of drug-likeness (QED) is 0.716. The maximum Gasteiger partial charge on any atom is 0.417 e. The molecule has 0 aromatic carbocycles. The van der Waals surface area contributed by atoms with Crippen LogP contribution in [0.1, 0.15) is 47.3 Å². The predicted molar refractivity (Wildman–Crippen MR) is 105 cm³/mol. The SMILES string of the molecule is Cc1ncc(Cl)cc1C(=O)N[C@H]1CC[C@H](CNc2cncc(C(F)(F)F)c2)CC1. The van der Waals surface area contributed by atoms with Crippen molar-refractivity contribution in [2.45, 2.75) is 44.8 Å². The fourth-order valence-electron chi connectivity index (χ4n) is 3.47. The fourth-order valence-corrected chi connectivity index (χ4v) is 3.62. The van der Waals surface area contributed by atoms with Crippen LogP contribution in [0.5, 0.6) is 0 Å². The van der Waals surface area contributed by atoms with Crippen LogP contribution < -0.4 is 10.6 Å². The highest BCUT2D eigenvalue weighted by atomic mass is 35.5. The Kier molecular flexibility index (Phi) is 6.62. The van der Waals surface area contributed by atoms with Gasteiger partial charge in [0.1, 0.15) is 0 Å². The van der Waals surface area contributed by atoms with E-state index in [1.165, 1.54) is 12.4 Å². The molecule has 156 valence electrons. The van der Waals surface area contributed by atoms with E-state index in [2.05, 4.69) is 20.6 Å². The first kappa shape index (κ1) is 21.4. The van der Waals surface area contributed by atoms with Crippen molar-refractivity contribution < 1.29 is 18.0 Å². The Labute approximate surface area is 172 Å². The first-order valence-electron chi connectivity index (χ1n) is 9.41. The number of nitrogens with zero attached hydrogens (tertiary/aromatic N) is 2. The summed E-state index contributed by atoms with van der Waals surface area (Å²) in [6.07, 6.45) is 2.68. The lowest BCUT2D eigenvalue weighted by atomic mass is 9.86. The van der Waals surface area contributed by atoms with Gasteiger partial charge < -0.3 is 10.6 Å². The molecule has 3 rings (SSSR count). The number of alkyl halides is 3. The summed E-state index contributed by atoms with van der Waals surface area (Å²) in [5, 5.41) is 6.49. The van der Waals surface area contributed by atoms with E-state index in [1.807, 2.05) is 0 Å². The normalized spacial score (nSPS) is 19.6. The molecule has 0 spiro atoms. The third kappa shape index (κ3) is 5.82. The second-order valence-corrected chi connectivity index (χ2v) is 7.76. The second-order valence-electron chi connectivity index (χ2n) is 7.32. The molecule has 0 saturated heterocycles. The maximum atomic E-state index is 12.8. The molecule has 5 nitrogen and oxygen atoms in total. The molecule has 9 heteroatoms. The number of pyridine rings is 2. The molecule has 2 aromatic rings. The molecule has 2 aromatic heterocycles. The molecule has 1 aliphatic rings. The summed E-state index contributed by atoms with van der Waals surface area (Å²) in [6.45, 7) is 2.33. The highest BCUT2D eigenvalue weighted by Gasteiger charge is 2.31. The lowest BCUT2D eigenvalue weighted by Gasteiger charge is -2.29. The van der Waals surface area contributed by atoms with E-state index in [0.29, 0.717) is 34.4 Å². The molecule has 0 atom stereocenters. The van der Waals surface area contributed by atoms with E-state index in [0.717, 1.165) is 37.9 Å². The van der Waals surface area contributed by atoms with E-state index in [4.69, 9.17) is 11.6 Å². The smallest absolute Gasteiger partial charge is 0.384 e. The van der Waals surface area contributed by atoms with Gasteiger partial charge in [-0.3, -0.25) is 14.8 Å². The van der Waals surface area contributed by atoms with Gasteiger partial charge in [0.15, 0.2) is 0 Å². The van der Waals surface area contributed by atoms with Crippen molar-refractivity contribution in [3.63, 3.8) is 0 Å². The van der Waals surface area contributed by atoms with Gasteiger partial charge in [0.2, 0.25) is 0 Å². The second kappa shape index (κ2) is 8.98. The number of carbonyl (C=O) groups excluding carboxylic acids is 1. The maximum absolute atomic E-state index is 12.8. The third-order valence-electron chi connectivity index (χ3n) is 5.14. The van der Waals surface area contributed by atoms with Gasteiger partial charge in [-0.25, -0.2) is 0 Å². The summed E-state index contributed by atoms with van der Waals surface area (Å²) in [4.78, 5) is 20.2. The van der Waals surface area contributed by atoms with Crippen molar-refractivity contribution in [2.24, 2.45) is 5.92 Å². The van der Waals surface area contributed by atoms with Gasteiger partial charge in [0.25, 0.3) is 5.91 Å². The molecule has 2 heterocycles. The van der Waals surface area contributed by atoms with Crippen molar-refractivity contribution in [3.05, 3.63) is 52.6 Å². The molecule has 1 fully saturated rings. The van der Waals surface area contributed by atoms with Crippen molar-refractivity contribution in [1.82, 2.24) is 15.3 Å². The summed E-state index contributed by atoms with van der Waals surface area (Å²) < 4.78 is 38.3. The number of amides is 1. The van der Waals surface area contributed by atoms with E-state index in [1.54, 1.807) is 13.0 Å². The van der Waals surface area contributed by atoms with Gasteiger partial charge in [-0.05, 0) is 50.7 Å². The van der Waals surface area contributed by atoms with Gasteiger partial charge >= 0.3 is 6.18 Å². The van der Waals surface area contributed by atoms with Crippen LogP contribution in [0.15, 0.2) is 30.7 Å². The molecule has 2 N–H and O–H groups in total. The molecule has 1 amide bonds. The summed E-state index contributed by atoms with van der Waals surface area (Å²) in [5.41, 5.74) is 0.691. The highest BCUT2D eigenvalue weighted by Crippen LogP contribution is 2.30. The third-order valence-corrected chi connectivity index (χ3v) is 5.35. The fraction of sp³-hybridized carbons (Fsp3) is 0.450. The Morgan fingerprint density at radius 3 is 2.59 bits per heavy atom. The van der Waals surface area contributed by atoms with Gasteiger partial charge in [-0.2, -0.15) is 13.2 Å². The lowest BCUT2D eigenvalue weighted by Crippen LogP contribution is -2.38. The van der Waals surface area contributed by atoms with Gasteiger partial charge in [0, 0.05) is 31.2 Å². The zero-order chi connectivity index (χ0) is 21.0. The average molecular weight is 427 g/mol. The number of aryl methyl sites for hydroxylation is 1. The Hall–Kier alpha value is -2.35. The number of hydrogen-bond acceptors (Lipinski definition) is 4. The molecular formula is C20H22ClF3N4O. The number of nitrogens with one attached hydrogen (secondary N) is 2. The molecule has 1 saturated carbocycles. The summed E-state index contributed by atoms with van der Waals surface area (Å²) in [7, 11) is 0. The first-order valence-corrected chi connectivity index (χ1v) is 9.79. The molecule has 0 aliphatic heterocycles. The van der Waals surface area contributed by atoms with E-state index in [-0.39, 0.29) is 11.9 Å². The minimum absolute atomic E-state index is 0.0624. The number of anilines is 1. The van der Waals surface area contributed by atoms with E-state index >= 15 is 0 Å². The Morgan fingerprint density at radius 2 is 1.90 bits per heavy atom. The summed E-state index contributed by atoms with van der Waals surface area (Å²) in [6, 6.07) is 2.74. The lowest BCUT2D eigenvalue weighted by molar-refractivity contribution is -0.137. The summed E-state index contributed by atoms with van der Waals surface area (Å²) in [5.74, 6) is 0.140. The molecular weight excluding hydrogens is 405 g/mol. The Balaban J connectivity index is 1.47. The van der Waals surface area contributed by atoms with Crippen LogP contribution in [0, 0.1) is 12.8 Å². The highest BCUT2D eigenvalue weighted by molar-refractivity contribution is 6.30. The number of aromatic nitrogens is 2. The van der Waals surface area contributed by atoms with Crippen LogP contribution in [-0.4, -0.2) is 28.5 Å². The van der Waals surface area contributed by atoms with Crippen LogP contribution in [0.3, 0.4) is 0 Å². The number of hydrogen-bond donors (Lipinski definition) is 2. The molecule has 0 radical (unpaired) electrons. The van der Waals surface area contributed by atoms with Crippen molar-refractivity contribution in [1.29, 1.82) is 0 Å². The minimum atomic E-state index is -4.40. The Bertz CT molecular complexity index is 867. The summed E-state index contributed by atoms with van der Waals surface area (Å²) >= 11 is 5.93. The monoisotopic (exact) mass is 426 g/mol. The van der Waals surface area contributed by atoms with Crippen LogP contribution in [-0.2, 0) is 6.18 Å². The number of rotatable bonds is 5. The van der Waals surface area contributed by atoms with Gasteiger partial charge in [0.05, 0.1) is 27.5 Å². The molecule has 0 unspecified atom stereocenters. The van der Waals surface area contributed by atoms with Crippen LogP contribution in [0.25, 0.3) is 0 Å².